The molecular weight excluding hydrogens is 398 g/mol. The molecule has 0 aliphatic rings. The monoisotopic (exact) mass is 419 g/mol. The van der Waals surface area contributed by atoms with E-state index in [-0.39, 0.29) is 5.91 Å². The van der Waals surface area contributed by atoms with Gasteiger partial charge in [-0.15, -0.1) is 11.8 Å². The van der Waals surface area contributed by atoms with E-state index in [1.165, 1.54) is 11.3 Å². The van der Waals surface area contributed by atoms with Gasteiger partial charge in [-0.1, -0.05) is 29.0 Å². The third-order valence-corrected chi connectivity index (χ3v) is 6.55. The molecule has 0 unspecified atom stereocenters. The maximum atomic E-state index is 13.2. The van der Waals surface area contributed by atoms with Gasteiger partial charge in [0.2, 0.25) is 0 Å². The van der Waals surface area contributed by atoms with Crippen LogP contribution in [0.3, 0.4) is 0 Å². The smallest absolute Gasteiger partial charge is 0.260 e. The van der Waals surface area contributed by atoms with Gasteiger partial charge >= 0.3 is 0 Å². The summed E-state index contributed by atoms with van der Waals surface area (Å²) in [6, 6.07) is 11.5. The predicted octanol–water partition coefficient (Wildman–Crippen LogP) is 5.19. The van der Waals surface area contributed by atoms with Crippen LogP contribution in [0.2, 0.25) is 5.02 Å². The van der Waals surface area contributed by atoms with E-state index in [1.54, 1.807) is 16.7 Å². The van der Waals surface area contributed by atoms with Crippen LogP contribution in [0, 0.1) is 6.92 Å². The van der Waals surface area contributed by atoms with Gasteiger partial charge in [0.15, 0.2) is 5.13 Å². The van der Waals surface area contributed by atoms with Gasteiger partial charge in [0, 0.05) is 23.5 Å². The van der Waals surface area contributed by atoms with Crippen molar-refractivity contribution in [1.29, 1.82) is 0 Å². The molecule has 3 aromatic rings. The lowest BCUT2D eigenvalue weighted by molar-refractivity contribution is 0.0985. The number of hydrogen-bond donors (Lipinski definition) is 0. The SMILES string of the molecule is CSc1ccc(C(=O)N(CCN(C)C)c2nc3c(C)ccc(Cl)c3s2)cc1. The number of hydrogen-bond acceptors (Lipinski definition) is 5. The van der Waals surface area contributed by atoms with Crippen LogP contribution in [-0.4, -0.2) is 49.2 Å². The second kappa shape index (κ2) is 8.61. The third kappa shape index (κ3) is 4.46. The minimum absolute atomic E-state index is 0.0441. The van der Waals surface area contributed by atoms with Crippen LogP contribution < -0.4 is 4.90 Å². The molecule has 0 bridgehead atoms. The number of likely N-dealkylation sites (N-methyl/N-ethyl adjacent to an activating group) is 1. The molecule has 0 radical (unpaired) electrons. The van der Waals surface area contributed by atoms with Gasteiger partial charge in [-0.2, -0.15) is 0 Å². The Morgan fingerprint density at radius 2 is 1.85 bits per heavy atom. The van der Waals surface area contributed by atoms with E-state index >= 15 is 0 Å². The van der Waals surface area contributed by atoms with Gasteiger partial charge in [0.25, 0.3) is 5.91 Å². The lowest BCUT2D eigenvalue weighted by Crippen LogP contribution is -2.36. The lowest BCUT2D eigenvalue weighted by Gasteiger charge is -2.22. The number of nitrogens with zero attached hydrogens (tertiary/aromatic N) is 3. The number of amides is 1. The summed E-state index contributed by atoms with van der Waals surface area (Å²) < 4.78 is 0.923. The molecule has 0 spiro atoms. The largest absolute Gasteiger partial charge is 0.308 e. The van der Waals surface area contributed by atoms with Crippen molar-refractivity contribution in [3.05, 3.63) is 52.5 Å². The van der Waals surface area contributed by atoms with Crippen LogP contribution in [-0.2, 0) is 0 Å². The first kappa shape index (κ1) is 20.1. The summed E-state index contributed by atoms with van der Waals surface area (Å²) in [7, 11) is 3.99. The first-order valence-corrected chi connectivity index (χ1v) is 11.0. The normalized spacial score (nSPS) is 11.3. The number of carbonyl (C=O) groups excluding carboxylic acids is 1. The molecule has 0 aliphatic carbocycles. The first-order chi connectivity index (χ1) is 12.9. The minimum Gasteiger partial charge on any atom is -0.308 e. The summed E-state index contributed by atoms with van der Waals surface area (Å²) in [5.74, 6) is -0.0441. The third-order valence-electron chi connectivity index (χ3n) is 4.27. The van der Waals surface area contributed by atoms with Gasteiger partial charge < -0.3 is 4.90 Å². The summed E-state index contributed by atoms with van der Waals surface area (Å²) >= 11 is 9.49. The van der Waals surface area contributed by atoms with Gasteiger partial charge in [-0.05, 0) is 63.2 Å². The van der Waals surface area contributed by atoms with Crippen LogP contribution in [0.25, 0.3) is 10.2 Å². The van der Waals surface area contributed by atoms with Crippen LogP contribution in [0.4, 0.5) is 5.13 Å². The van der Waals surface area contributed by atoms with Crippen molar-refractivity contribution >= 4 is 56.0 Å². The van der Waals surface area contributed by atoms with E-state index in [0.717, 1.165) is 27.2 Å². The molecule has 0 atom stereocenters. The maximum absolute atomic E-state index is 13.2. The number of rotatable bonds is 6. The molecule has 0 N–H and O–H groups in total. The minimum atomic E-state index is -0.0441. The van der Waals surface area contributed by atoms with E-state index in [0.29, 0.717) is 22.3 Å². The van der Waals surface area contributed by atoms with E-state index < -0.39 is 0 Å². The van der Waals surface area contributed by atoms with Crippen molar-refractivity contribution in [3.63, 3.8) is 0 Å². The van der Waals surface area contributed by atoms with Crippen molar-refractivity contribution in [2.75, 3.05) is 38.3 Å². The molecule has 1 amide bonds. The Labute approximate surface area is 173 Å². The van der Waals surface area contributed by atoms with Crippen molar-refractivity contribution in [2.24, 2.45) is 0 Å². The highest BCUT2D eigenvalue weighted by Gasteiger charge is 2.22. The Hall–Kier alpha value is -1.60. The average Bonchev–Trinajstić information content (AvgIpc) is 3.11. The number of fused-ring (bicyclic) bond motifs is 1. The van der Waals surface area contributed by atoms with E-state index in [9.17, 15) is 4.79 Å². The van der Waals surface area contributed by atoms with E-state index in [1.807, 2.05) is 63.7 Å². The van der Waals surface area contributed by atoms with Crippen LogP contribution in [0.5, 0.6) is 0 Å². The first-order valence-electron chi connectivity index (χ1n) is 8.57. The molecule has 1 aromatic heterocycles. The molecule has 0 saturated carbocycles. The van der Waals surface area contributed by atoms with Gasteiger partial charge in [0.1, 0.15) is 0 Å². The summed E-state index contributed by atoms with van der Waals surface area (Å²) in [6.07, 6.45) is 2.02. The molecule has 142 valence electrons. The molecule has 0 aliphatic heterocycles. The summed E-state index contributed by atoms with van der Waals surface area (Å²) in [5.41, 5.74) is 2.58. The summed E-state index contributed by atoms with van der Waals surface area (Å²) in [4.78, 5) is 22.9. The quantitative estimate of drug-likeness (QED) is 0.515. The number of aromatic nitrogens is 1. The second-order valence-corrected chi connectivity index (χ2v) is 8.79. The number of benzene rings is 2. The lowest BCUT2D eigenvalue weighted by atomic mass is 10.2. The van der Waals surface area contributed by atoms with Crippen molar-refractivity contribution < 1.29 is 4.79 Å². The summed E-state index contributed by atoms with van der Waals surface area (Å²) in [6.45, 7) is 3.32. The highest BCUT2D eigenvalue weighted by Crippen LogP contribution is 2.36. The Kier molecular flexibility index (Phi) is 6.42. The standard InChI is InChI=1S/C20H22ClN3OS2/c1-13-5-10-16(21)18-17(13)22-20(27-18)24(12-11-23(2)3)19(25)14-6-8-15(26-4)9-7-14/h5-10H,11-12H2,1-4H3. The Morgan fingerprint density at radius 3 is 2.44 bits per heavy atom. The zero-order chi connectivity index (χ0) is 19.6. The molecule has 27 heavy (non-hydrogen) atoms. The fourth-order valence-electron chi connectivity index (χ4n) is 2.68. The predicted molar refractivity (Wildman–Crippen MR) is 118 cm³/mol. The fraction of sp³-hybridized carbons (Fsp3) is 0.300. The average molecular weight is 420 g/mol. The van der Waals surface area contributed by atoms with Crippen molar-refractivity contribution in [2.45, 2.75) is 11.8 Å². The van der Waals surface area contributed by atoms with Crippen molar-refractivity contribution in [1.82, 2.24) is 9.88 Å². The number of carbonyl (C=O) groups is 1. The molecule has 3 rings (SSSR count). The van der Waals surface area contributed by atoms with Crippen LogP contribution >= 0.6 is 34.7 Å². The molecule has 7 heteroatoms. The molecule has 1 heterocycles. The maximum Gasteiger partial charge on any atom is 0.260 e. The van der Waals surface area contributed by atoms with Gasteiger partial charge in [0.05, 0.1) is 15.2 Å². The highest BCUT2D eigenvalue weighted by atomic mass is 35.5. The van der Waals surface area contributed by atoms with Gasteiger partial charge in [-0.25, -0.2) is 4.98 Å². The van der Waals surface area contributed by atoms with Crippen LogP contribution in [0.15, 0.2) is 41.3 Å². The van der Waals surface area contributed by atoms with Crippen molar-refractivity contribution in [3.8, 4) is 0 Å². The topological polar surface area (TPSA) is 36.4 Å². The molecular formula is C20H22ClN3OS2. The molecule has 0 saturated heterocycles. The van der Waals surface area contributed by atoms with E-state index in [4.69, 9.17) is 16.6 Å². The Bertz CT molecular complexity index is 915. The number of thiazole rings is 1. The van der Waals surface area contributed by atoms with Crippen LogP contribution in [0.1, 0.15) is 15.9 Å². The Balaban J connectivity index is 2.01. The number of halogens is 1. The summed E-state index contributed by atoms with van der Waals surface area (Å²) in [5, 5.41) is 1.35. The zero-order valence-corrected chi connectivity index (χ0v) is 18.2. The Morgan fingerprint density at radius 1 is 1.15 bits per heavy atom. The number of aryl methyl sites for hydroxylation is 1. The molecule has 4 nitrogen and oxygen atoms in total. The number of anilines is 1. The molecule has 0 fully saturated rings. The number of thioether (sulfide) groups is 1. The van der Waals surface area contributed by atoms with E-state index in [2.05, 4.69) is 4.90 Å². The second-order valence-electron chi connectivity index (χ2n) is 6.53. The highest BCUT2D eigenvalue weighted by molar-refractivity contribution is 7.98. The fourth-order valence-corrected chi connectivity index (χ4v) is 4.43. The zero-order valence-electron chi connectivity index (χ0n) is 15.8. The molecule has 2 aromatic carbocycles. The van der Waals surface area contributed by atoms with Gasteiger partial charge in [-0.3, -0.25) is 9.69 Å².